The Balaban J connectivity index is 1.44. The predicted octanol–water partition coefficient (Wildman–Crippen LogP) is 4.30. The lowest BCUT2D eigenvalue weighted by atomic mass is 9.84. The summed E-state index contributed by atoms with van der Waals surface area (Å²) in [5.74, 6) is 0.659. The fourth-order valence-corrected chi connectivity index (χ4v) is 3.95. The standard InChI is InChI=1S/C19H26FNO2/c20-17-7-6-16(23-15-4-3-5-15)14-18(17)21-11-9-19(10-12-21)8-1-2-13-22-19/h6-7,14-15H,1-5,8-13H2. The van der Waals surface area contributed by atoms with Crippen LogP contribution in [0.25, 0.3) is 0 Å². The molecule has 0 N–H and O–H groups in total. The minimum Gasteiger partial charge on any atom is -0.490 e. The summed E-state index contributed by atoms with van der Waals surface area (Å²) in [4.78, 5) is 2.16. The van der Waals surface area contributed by atoms with Gasteiger partial charge < -0.3 is 14.4 Å². The molecule has 0 atom stereocenters. The van der Waals surface area contributed by atoms with Gasteiger partial charge in [-0.15, -0.1) is 0 Å². The Morgan fingerprint density at radius 1 is 1.09 bits per heavy atom. The molecule has 0 unspecified atom stereocenters. The summed E-state index contributed by atoms with van der Waals surface area (Å²) in [7, 11) is 0. The topological polar surface area (TPSA) is 21.7 Å². The first-order valence-corrected chi connectivity index (χ1v) is 9.09. The zero-order chi connectivity index (χ0) is 15.7. The zero-order valence-corrected chi connectivity index (χ0v) is 13.7. The number of nitrogens with zero attached hydrogens (tertiary/aromatic N) is 1. The van der Waals surface area contributed by atoms with E-state index in [1.165, 1.54) is 19.3 Å². The summed E-state index contributed by atoms with van der Waals surface area (Å²) in [6, 6.07) is 5.19. The molecule has 0 amide bonds. The number of hydrogen-bond donors (Lipinski definition) is 0. The van der Waals surface area contributed by atoms with Crippen molar-refractivity contribution in [2.45, 2.75) is 63.1 Å². The van der Waals surface area contributed by atoms with E-state index in [4.69, 9.17) is 9.47 Å². The lowest BCUT2D eigenvalue weighted by Gasteiger charge is -2.44. The van der Waals surface area contributed by atoms with Crippen LogP contribution in [0.5, 0.6) is 5.75 Å². The maximum absolute atomic E-state index is 14.3. The summed E-state index contributed by atoms with van der Waals surface area (Å²) in [6.07, 6.45) is 9.42. The molecular formula is C19H26FNO2. The Morgan fingerprint density at radius 3 is 2.57 bits per heavy atom. The summed E-state index contributed by atoms with van der Waals surface area (Å²) in [5.41, 5.74) is 0.748. The quantitative estimate of drug-likeness (QED) is 0.829. The Morgan fingerprint density at radius 2 is 1.91 bits per heavy atom. The molecule has 1 aromatic rings. The molecular weight excluding hydrogens is 293 g/mol. The second-order valence-electron chi connectivity index (χ2n) is 7.26. The number of halogens is 1. The first-order valence-electron chi connectivity index (χ1n) is 9.09. The highest BCUT2D eigenvalue weighted by atomic mass is 19.1. The summed E-state index contributed by atoms with van der Waals surface area (Å²) in [5, 5.41) is 0. The van der Waals surface area contributed by atoms with Crippen LogP contribution < -0.4 is 9.64 Å². The monoisotopic (exact) mass is 319 g/mol. The average molecular weight is 319 g/mol. The molecule has 0 bridgehead atoms. The molecule has 2 saturated heterocycles. The third-order valence-electron chi connectivity index (χ3n) is 5.72. The van der Waals surface area contributed by atoms with Crippen molar-refractivity contribution in [3.8, 4) is 5.75 Å². The van der Waals surface area contributed by atoms with E-state index in [0.717, 1.165) is 57.6 Å². The van der Waals surface area contributed by atoms with Crippen molar-refractivity contribution in [1.29, 1.82) is 0 Å². The molecule has 1 spiro atoms. The van der Waals surface area contributed by atoms with Crippen molar-refractivity contribution in [3.05, 3.63) is 24.0 Å². The van der Waals surface area contributed by atoms with Crippen LogP contribution in [0.2, 0.25) is 0 Å². The Bertz CT molecular complexity index is 542. The van der Waals surface area contributed by atoms with Gasteiger partial charge in [-0.25, -0.2) is 4.39 Å². The lowest BCUT2D eigenvalue weighted by molar-refractivity contribution is -0.0920. The SMILES string of the molecule is Fc1ccc(OC2CCC2)cc1N1CCC2(CCCCO2)CC1. The van der Waals surface area contributed by atoms with Gasteiger partial charge in [-0.3, -0.25) is 0 Å². The normalized spacial score (nSPS) is 24.5. The van der Waals surface area contributed by atoms with E-state index in [0.29, 0.717) is 11.8 Å². The molecule has 2 aliphatic heterocycles. The number of anilines is 1. The summed E-state index contributed by atoms with van der Waals surface area (Å²) in [6.45, 7) is 2.62. The molecule has 1 aliphatic carbocycles. The van der Waals surface area contributed by atoms with Crippen LogP contribution in [0.15, 0.2) is 18.2 Å². The van der Waals surface area contributed by atoms with Crippen molar-refractivity contribution >= 4 is 5.69 Å². The predicted molar refractivity (Wildman–Crippen MR) is 88.6 cm³/mol. The third-order valence-corrected chi connectivity index (χ3v) is 5.72. The molecule has 1 saturated carbocycles. The average Bonchev–Trinajstić information content (AvgIpc) is 2.54. The van der Waals surface area contributed by atoms with Gasteiger partial charge in [-0.2, -0.15) is 0 Å². The minimum absolute atomic E-state index is 0.0608. The number of ether oxygens (including phenoxy) is 2. The van der Waals surface area contributed by atoms with Crippen molar-refractivity contribution < 1.29 is 13.9 Å². The molecule has 4 heteroatoms. The third kappa shape index (κ3) is 3.18. The number of rotatable bonds is 3. The molecule has 1 aromatic carbocycles. The van der Waals surface area contributed by atoms with E-state index in [-0.39, 0.29) is 11.4 Å². The highest BCUT2D eigenvalue weighted by Crippen LogP contribution is 2.37. The van der Waals surface area contributed by atoms with E-state index in [2.05, 4.69) is 4.90 Å². The molecule has 4 rings (SSSR count). The maximum atomic E-state index is 14.3. The smallest absolute Gasteiger partial charge is 0.146 e. The van der Waals surface area contributed by atoms with Crippen molar-refractivity contribution in [2.75, 3.05) is 24.6 Å². The second kappa shape index (κ2) is 6.31. The Kier molecular flexibility index (Phi) is 4.18. The first kappa shape index (κ1) is 15.3. The van der Waals surface area contributed by atoms with Gasteiger partial charge in [0.2, 0.25) is 0 Å². The van der Waals surface area contributed by atoms with Crippen molar-refractivity contribution in [3.63, 3.8) is 0 Å². The van der Waals surface area contributed by atoms with Gasteiger partial charge >= 0.3 is 0 Å². The van der Waals surface area contributed by atoms with Gasteiger partial charge in [-0.1, -0.05) is 0 Å². The van der Waals surface area contributed by atoms with Gasteiger partial charge in [0, 0.05) is 25.8 Å². The van der Waals surface area contributed by atoms with Gasteiger partial charge in [0.25, 0.3) is 0 Å². The first-order chi connectivity index (χ1) is 11.2. The largest absolute Gasteiger partial charge is 0.490 e. The maximum Gasteiger partial charge on any atom is 0.146 e. The lowest BCUT2D eigenvalue weighted by Crippen LogP contribution is -2.48. The van der Waals surface area contributed by atoms with Crippen LogP contribution >= 0.6 is 0 Å². The van der Waals surface area contributed by atoms with Gasteiger partial charge in [0.05, 0.1) is 17.4 Å². The number of hydrogen-bond acceptors (Lipinski definition) is 3. The summed E-state index contributed by atoms with van der Waals surface area (Å²) >= 11 is 0. The molecule has 2 heterocycles. The molecule has 23 heavy (non-hydrogen) atoms. The molecule has 3 nitrogen and oxygen atoms in total. The van der Waals surface area contributed by atoms with Crippen LogP contribution in [0.4, 0.5) is 10.1 Å². The van der Waals surface area contributed by atoms with Gasteiger partial charge in [0.1, 0.15) is 11.6 Å². The van der Waals surface area contributed by atoms with Gasteiger partial charge in [-0.05, 0) is 63.5 Å². The number of piperidine rings is 1. The summed E-state index contributed by atoms with van der Waals surface area (Å²) < 4.78 is 26.3. The highest BCUT2D eigenvalue weighted by Gasteiger charge is 2.37. The van der Waals surface area contributed by atoms with E-state index in [1.807, 2.05) is 6.07 Å². The number of benzene rings is 1. The van der Waals surface area contributed by atoms with Crippen LogP contribution in [0, 0.1) is 5.82 Å². The van der Waals surface area contributed by atoms with E-state index in [1.54, 1.807) is 12.1 Å². The molecule has 3 aliphatic rings. The van der Waals surface area contributed by atoms with E-state index < -0.39 is 0 Å². The minimum atomic E-state index is -0.147. The van der Waals surface area contributed by atoms with E-state index in [9.17, 15) is 4.39 Å². The fourth-order valence-electron chi connectivity index (χ4n) is 3.95. The molecule has 126 valence electrons. The second-order valence-corrected chi connectivity index (χ2v) is 7.26. The van der Waals surface area contributed by atoms with Crippen molar-refractivity contribution in [1.82, 2.24) is 0 Å². The van der Waals surface area contributed by atoms with E-state index >= 15 is 0 Å². The van der Waals surface area contributed by atoms with Gasteiger partial charge in [0.15, 0.2) is 0 Å². The molecule has 0 aromatic heterocycles. The van der Waals surface area contributed by atoms with Crippen LogP contribution in [0.1, 0.15) is 51.4 Å². The Hall–Kier alpha value is -1.29. The van der Waals surface area contributed by atoms with Crippen LogP contribution in [0.3, 0.4) is 0 Å². The fraction of sp³-hybridized carbons (Fsp3) is 0.684. The highest BCUT2D eigenvalue weighted by molar-refractivity contribution is 5.52. The van der Waals surface area contributed by atoms with Crippen LogP contribution in [-0.2, 0) is 4.74 Å². The molecule has 0 radical (unpaired) electrons. The van der Waals surface area contributed by atoms with Crippen LogP contribution in [-0.4, -0.2) is 31.4 Å². The Labute approximate surface area is 137 Å². The zero-order valence-electron chi connectivity index (χ0n) is 13.7. The molecule has 3 fully saturated rings. The van der Waals surface area contributed by atoms with Crippen molar-refractivity contribution in [2.24, 2.45) is 0 Å².